The average Bonchev–Trinajstić information content (AvgIpc) is 2.12. The Labute approximate surface area is 109 Å². The maximum atomic E-state index is 8.35. The number of isocyanates is 4. The third-order valence-electron chi connectivity index (χ3n) is 0. The van der Waals surface area contributed by atoms with Gasteiger partial charge in [0.15, 0.2) is 0 Å². The molecule has 0 aliphatic heterocycles. The fraction of sp³-hybridized carbons (Fsp3) is 0.600. The van der Waals surface area contributed by atoms with Crippen LogP contribution in [0.15, 0.2) is 0 Å². The number of nitrogens with one attached hydrogen (secondary N) is 4. The lowest BCUT2D eigenvalue weighted by molar-refractivity contribution is 0.562. The van der Waals surface area contributed by atoms with Gasteiger partial charge in [-0.1, -0.05) is 43.6 Å². The topological polar surface area (TPSA) is 164 Å². The SMILES string of the molecule is C.C.C.C.CC.N=C=O.N=C=O.N=C=O.N=C=O. The van der Waals surface area contributed by atoms with Gasteiger partial charge < -0.3 is 0 Å². The van der Waals surface area contributed by atoms with Crippen molar-refractivity contribution in [3.8, 4) is 0 Å². The highest BCUT2D eigenvalue weighted by Crippen LogP contribution is 1.14. The molecule has 0 atom stereocenters. The summed E-state index contributed by atoms with van der Waals surface area (Å²) in [7, 11) is 0. The molecule has 0 aliphatic carbocycles. The Kier molecular flexibility index (Phi) is 4910. The van der Waals surface area contributed by atoms with E-state index in [9.17, 15) is 0 Å². The Hall–Kier alpha value is -2.48. The van der Waals surface area contributed by atoms with E-state index in [1.165, 1.54) is 0 Å². The molecule has 4 N–H and O–H groups in total. The molecule has 0 aromatic heterocycles. The molecule has 0 rings (SSSR count). The molecule has 0 spiro atoms. The summed E-state index contributed by atoms with van der Waals surface area (Å²) >= 11 is 0. The Morgan fingerprint density at radius 1 is 0.500 bits per heavy atom. The van der Waals surface area contributed by atoms with Crippen molar-refractivity contribution in [2.45, 2.75) is 43.6 Å². The molecule has 0 saturated carbocycles. The minimum absolute atomic E-state index is 0. The van der Waals surface area contributed by atoms with Gasteiger partial charge in [-0.3, -0.25) is 0 Å². The second-order valence-electron chi connectivity index (χ2n) is 0.408. The highest BCUT2D eigenvalue weighted by Gasteiger charge is 1.04. The summed E-state index contributed by atoms with van der Waals surface area (Å²) in [6, 6.07) is 0. The number of rotatable bonds is 0. The van der Waals surface area contributed by atoms with Crippen LogP contribution in [0.4, 0.5) is 0 Å². The molecule has 0 aromatic rings. The molecule has 0 unspecified atom stereocenters. The summed E-state index contributed by atoms with van der Waals surface area (Å²) in [6.07, 6.45) is 3.00. The van der Waals surface area contributed by atoms with E-state index in [1.807, 2.05) is 13.8 Å². The van der Waals surface area contributed by atoms with Crippen molar-refractivity contribution in [1.29, 1.82) is 21.6 Å². The van der Waals surface area contributed by atoms with Crippen molar-refractivity contribution in [2.24, 2.45) is 0 Å². The minimum atomic E-state index is 0. The quantitative estimate of drug-likeness (QED) is 0.391. The Morgan fingerprint density at radius 3 is 0.500 bits per heavy atom. The van der Waals surface area contributed by atoms with Gasteiger partial charge in [-0.25, -0.2) is 40.8 Å². The maximum absolute atomic E-state index is 8.35. The zero-order chi connectivity index (χ0) is 12.8. The molecular formula is C10H26N4O4. The third-order valence-corrected chi connectivity index (χ3v) is 0. The van der Waals surface area contributed by atoms with Gasteiger partial charge >= 0.3 is 0 Å². The number of hydrogen-bond donors (Lipinski definition) is 4. The molecule has 18 heavy (non-hydrogen) atoms. The lowest BCUT2D eigenvalue weighted by atomic mass is 11.0. The van der Waals surface area contributed by atoms with Crippen LogP contribution in [0.25, 0.3) is 0 Å². The van der Waals surface area contributed by atoms with Crippen LogP contribution in [-0.4, -0.2) is 24.3 Å². The van der Waals surface area contributed by atoms with Gasteiger partial charge in [0.1, 0.15) is 0 Å². The molecule has 0 aromatic carbocycles. The molecule has 8 nitrogen and oxygen atoms in total. The molecule has 0 saturated heterocycles. The molecule has 0 fully saturated rings. The predicted molar refractivity (Wildman–Crippen MR) is 71.9 cm³/mol. The van der Waals surface area contributed by atoms with Crippen LogP contribution < -0.4 is 0 Å². The van der Waals surface area contributed by atoms with Gasteiger partial charge in [0.2, 0.25) is 24.3 Å². The third kappa shape index (κ3) is 345. The smallest absolute Gasteiger partial charge is 0.222 e. The molecule has 0 heterocycles. The zero-order valence-electron chi connectivity index (χ0n) is 7.63. The first kappa shape index (κ1) is 77.0. The fourth-order valence-electron chi connectivity index (χ4n) is 0. The highest BCUT2D eigenvalue weighted by molar-refractivity contribution is 5.26. The standard InChI is InChI=1S/C2H6.4CHNO.4CH4/c1-2;4*2-1-3;;;;/h1-2H3;4*2H;4*1H4. The van der Waals surface area contributed by atoms with Crippen LogP contribution >= 0.6 is 0 Å². The van der Waals surface area contributed by atoms with Gasteiger partial charge in [-0.15, -0.1) is 0 Å². The summed E-state index contributed by atoms with van der Waals surface area (Å²) in [5, 5.41) is 21.6. The van der Waals surface area contributed by atoms with Gasteiger partial charge in [0.05, 0.1) is 0 Å². The molecule has 0 amide bonds. The van der Waals surface area contributed by atoms with Crippen LogP contribution in [0, 0.1) is 21.6 Å². The summed E-state index contributed by atoms with van der Waals surface area (Å²) < 4.78 is 0. The van der Waals surface area contributed by atoms with E-state index in [2.05, 4.69) is 0 Å². The Morgan fingerprint density at radius 2 is 0.500 bits per heavy atom. The molecule has 0 bridgehead atoms. The molecular weight excluding hydrogens is 240 g/mol. The zero-order valence-corrected chi connectivity index (χ0v) is 7.63. The van der Waals surface area contributed by atoms with E-state index in [0.29, 0.717) is 0 Å². The second-order valence-corrected chi connectivity index (χ2v) is 0.408. The van der Waals surface area contributed by atoms with E-state index < -0.39 is 0 Å². The molecule has 110 valence electrons. The number of hydrogen-bond acceptors (Lipinski definition) is 8. The van der Waals surface area contributed by atoms with Crippen molar-refractivity contribution in [2.75, 3.05) is 0 Å². The van der Waals surface area contributed by atoms with E-state index >= 15 is 0 Å². The van der Waals surface area contributed by atoms with Crippen LogP contribution in [-0.2, 0) is 19.2 Å². The van der Waals surface area contributed by atoms with Crippen LogP contribution in [0.3, 0.4) is 0 Å². The molecule has 0 radical (unpaired) electrons. The minimum Gasteiger partial charge on any atom is -0.222 e. The van der Waals surface area contributed by atoms with Gasteiger partial charge in [-0.05, 0) is 0 Å². The van der Waals surface area contributed by atoms with Crippen LogP contribution in [0.5, 0.6) is 0 Å². The lowest BCUT2D eigenvalue weighted by Crippen LogP contribution is -1.16. The van der Waals surface area contributed by atoms with Crippen molar-refractivity contribution in [3.63, 3.8) is 0 Å². The highest BCUT2D eigenvalue weighted by atomic mass is 16.1. The van der Waals surface area contributed by atoms with Gasteiger partial charge in [-0.2, -0.15) is 0 Å². The summed E-state index contributed by atoms with van der Waals surface area (Å²) in [6.45, 7) is 4.00. The monoisotopic (exact) mass is 266 g/mol. The van der Waals surface area contributed by atoms with Gasteiger partial charge in [0.25, 0.3) is 0 Å². The predicted octanol–water partition coefficient (Wildman–Crippen LogP) is 3.17. The van der Waals surface area contributed by atoms with Gasteiger partial charge in [0, 0.05) is 0 Å². The van der Waals surface area contributed by atoms with Crippen LogP contribution in [0.2, 0.25) is 0 Å². The van der Waals surface area contributed by atoms with E-state index in [4.69, 9.17) is 40.8 Å². The summed E-state index contributed by atoms with van der Waals surface area (Å²) in [5.41, 5.74) is 0. The maximum Gasteiger partial charge on any atom is 0.231 e. The van der Waals surface area contributed by atoms with Crippen molar-refractivity contribution >= 4 is 24.3 Å². The van der Waals surface area contributed by atoms with Crippen LogP contribution in [0.1, 0.15) is 43.6 Å². The normalized spacial score (nSPS) is 2.11. The van der Waals surface area contributed by atoms with E-state index in [0.717, 1.165) is 24.3 Å². The lowest BCUT2D eigenvalue weighted by Gasteiger charge is -1.07. The summed E-state index contributed by atoms with van der Waals surface area (Å²) in [4.78, 5) is 33.4. The second kappa shape index (κ2) is 1150. The Balaban J connectivity index is -0.00000000766. The fourth-order valence-corrected chi connectivity index (χ4v) is 0. The van der Waals surface area contributed by atoms with E-state index in [-0.39, 0.29) is 29.7 Å². The largest absolute Gasteiger partial charge is 0.231 e. The van der Waals surface area contributed by atoms with E-state index in [1.54, 1.807) is 0 Å². The molecule has 8 heteroatoms. The Bertz CT molecular complexity index is 158. The molecule has 0 aliphatic rings. The average molecular weight is 266 g/mol. The van der Waals surface area contributed by atoms with Crippen molar-refractivity contribution in [3.05, 3.63) is 0 Å². The number of carbonyl (C=O) groups excluding carboxylic acids is 4. The first-order valence-corrected chi connectivity index (χ1v) is 2.82. The van der Waals surface area contributed by atoms with Crippen molar-refractivity contribution < 1.29 is 19.2 Å². The first-order valence-electron chi connectivity index (χ1n) is 2.82. The van der Waals surface area contributed by atoms with Crippen molar-refractivity contribution in [1.82, 2.24) is 0 Å². The first-order chi connectivity index (χ1) is 6.66. The summed E-state index contributed by atoms with van der Waals surface area (Å²) in [5.74, 6) is 0.